The van der Waals surface area contributed by atoms with Crippen LogP contribution in [-0.4, -0.2) is 18.6 Å². The lowest BCUT2D eigenvalue weighted by molar-refractivity contribution is 0.534. The molecule has 1 N–H and O–H groups in total. The van der Waals surface area contributed by atoms with Crippen molar-refractivity contribution >= 4 is 16.0 Å². The highest BCUT2D eigenvalue weighted by Crippen LogP contribution is 2.18. The maximum Gasteiger partial charge on any atom is 0.329 e. The van der Waals surface area contributed by atoms with Gasteiger partial charge in [-0.3, -0.25) is 0 Å². The van der Waals surface area contributed by atoms with Crippen molar-refractivity contribution < 1.29 is 12.8 Å². The number of sulfonamides is 1. The molecule has 1 heterocycles. The molecule has 0 unspecified atom stereocenters. The quantitative estimate of drug-likeness (QED) is 0.907. The normalized spacial score (nSPS) is 11.0. The Labute approximate surface area is 109 Å². The molecule has 1 aromatic heterocycles. The number of anilines is 1. The molecular weight excluding hydrogens is 268 g/mol. The van der Waals surface area contributed by atoms with Gasteiger partial charge in [-0.05, 0) is 30.7 Å². The monoisotopic (exact) mass is 278 g/mol. The molecule has 0 saturated carbocycles. The van der Waals surface area contributed by atoms with Crippen LogP contribution in [-0.2, 0) is 10.0 Å². The Morgan fingerprint density at radius 3 is 2.58 bits per heavy atom. The summed E-state index contributed by atoms with van der Waals surface area (Å²) >= 11 is 0. The van der Waals surface area contributed by atoms with E-state index in [1.54, 1.807) is 13.8 Å². The van der Waals surface area contributed by atoms with Crippen molar-refractivity contribution in [3.8, 4) is 6.07 Å². The summed E-state index contributed by atoms with van der Waals surface area (Å²) in [6.07, 6.45) is 0. The molecule has 2 rings (SSSR count). The van der Waals surface area contributed by atoms with Crippen molar-refractivity contribution in [2.75, 3.05) is 4.72 Å². The van der Waals surface area contributed by atoms with Gasteiger partial charge in [0.05, 0.1) is 16.5 Å². The first-order valence-electron chi connectivity index (χ1n) is 5.26. The zero-order valence-corrected chi connectivity index (χ0v) is 11.0. The van der Waals surface area contributed by atoms with Gasteiger partial charge in [0.1, 0.15) is 0 Å². The van der Waals surface area contributed by atoms with E-state index in [1.165, 1.54) is 18.2 Å². The van der Waals surface area contributed by atoms with E-state index in [0.717, 1.165) is 0 Å². The first-order valence-corrected chi connectivity index (χ1v) is 6.74. The van der Waals surface area contributed by atoms with Crippen molar-refractivity contribution in [2.24, 2.45) is 0 Å². The van der Waals surface area contributed by atoms with Gasteiger partial charge in [-0.25, -0.2) is 13.1 Å². The van der Waals surface area contributed by atoms with Crippen LogP contribution in [0.2, 0.25) is 0 Å². The summed E-state index contributed by atoms with van der Waals surface area (Å²) < 4.78 is 31.2. The fourth-order valence-corrected chi connectivity index (χ4v) is 2.45. The zero-order valence-electron chi connectivity index (χ0n) is 10.2. The Hall–Kier alpha value is -2.40. The molecule has 8 heteroatoms. The van der Waals surface area contributed by atoms with Crippen molar-refractivity contribution in [3.63, 3.8) is 0 Å². The molecule has 0 radical (unpaired) electrons. The number of aryl methyl sites for hydroxylation is 2. The van der Waals surface area contributed by atoms with E-state index < -0.39 is 10.0 Å². The van der Waals surface area contributed by atoms with E-state index in [9.17, 15) is 8.42 Å². The molecule has 0 aliphatic carbocycles. The number of rotatable bonds is 3. The molecule has 0 spiro atoms. The van der Waals surface area contributed by atoms with Gasteiger partial charge in [-0.1, -0.05) is 5.10 Å². The molecule has 0 aliphatic rings. The molecular formula is C11H10N4O3S. The van der Waals surface area contributed by atoms with Crippen LogP contribution < -0.4 is 4.72 Å². The maximum atomic E-state index is 12.0. The van der Waals surface area contributed by atoms with Crippen LogP contribution in [0.25, 0.3) is 0 Å². The Bertz CT molecular complexity index is 758. The SMILES string of the molecule is Cc1nnc(NS(=O)(=O)c2ccc(C#N)c(C)c2)o1. The molecule has 1 aromatic carbocycles. The van der Waals surface area contributed by atoms with Crippen molar-refractivity contribution in [3.05, 3.63) is 35.2 Å². The summed E-state index contributed by atoms with van der Waals surface area (Å²) in [6.45, 7) is 3.21. The van der Waals surface area contributed by atoms with Gasteiger partial charge in [0.15, 0.2) is 0 Å². The summed E-state index contributed by atoms with van der Waals surface area (Å²) in [7, 11) is -3.80. The summed E-state index contributed by atoms with van der Waals surface area (Å²) in [4.78, 5) is 0.0276. The van der Waals surface area contributed by atoms with Crippen LogP contribution in [0.4, 0.5) is 6.01 Å². The van der Waals surface area contributed by atoms with Crippen LogP contribution >= 0.6 is 0 Å². The van der Waals surface area contributed by atoms with Crippen molar-refractivity contribution in [1.29, 1.82) is 5.26 Å². The fourth-order valence-electron chi connectivity index (χ4n) is 1.44. The molecule has 0 fully saturated rings. The molecule has 7 nitrogen and oxygen atoms in total. The first-order chi connectivity index (χ1) is 8.92. The molecule has 2 aromatic rings. The first kappa shape index (κ1) is 13.0. The predicted octanol–water partition coefficient (Wildman–Crippen LogP) is 1.36. The molecule has 0 bridgehead atoms. The fraction of sp³-hybridized carbons (Fsp3) is 0.182. The Kier molecular flexibility index (Phi) is 3.23. The van der Waals surface area contributed by atoms with Gasteiger partial charge in [0.2, 0.25) is 5.89 Å². The number of aromatic nitrogens is 2. The molecule has 98 valence electrons. The van der Waals surface area contributed by atoms with Gasteiger partial charge in [-0.2, -0.15) is 5.26 Å². The van der Waals surface area contributed by atoms with Gasteiger partial charge < -0.3 is 4.42 Å². The van der Waals surface area contributed by atoms with E-state index in [-0.39, 0.29) is 16.8 Å². The lowest BCUT2D eigenvalue weighted by Crippen LogP contribution is -2.13. The summed E-state index contributed by atoms with van der Waals surface area (Å²) in [5.74, 6) is 0.258. The number of hydrogen-bond donors (Lipinski definition) is 1. The Morgan fingerprint density at radius 1 is 1.32 bits per heavy atom. The highest BCUT2D eigenvalue weighted by atomic mass is 32.2. The summed E-state index contributed by atoms with van der Waals surface area (Å²) in [5.41, 5.74) is 1.000. The minimum absolute atomic E-state index is 0.0276. The van der Waals surface area contributed by atoms with Gasteiger partial charge in [0.25, 0.3) is 10.0 Å². The van der Waals surface area contributed by atoms with E-state index in [2.05, 4.69) is 14.9 Å². The maximum absolute atomic E-state index is 12.0. The standard InChI is InChI=1S/C11H10N4O3S/c1-7-5-10(4-3-9(7)6-12)19(16,17)15-11-14-13-8(2)18-11/h3-5H,1-2H3,(H,14,15). The third-order valence-electron chi connectivity index (χ3n) is 2.38. The summed E-state index contributed by atoms with van der Waals surface area (Å²) in [6, 6.07) is 5.97. The second-order valence-corrected chi connectivity index (χ2v) is 5.50. The molecule has 0 atom stereocenters. The Morgan fingerprint density at radius 2 is 2.05 bits per heavy atom. The minimum atomic E-state index is -3.80. The van der Waals surface area contributed by atoms with Crippen LogP contribution in [0.15, 0.2) is 27.5 Å². The van der Waals surface area contributed by atoms with E-state index in [0.29, 0.717) is 11.1 Å². The van der Waals surface area contributed by atoms with E-state index in [4.69, 9.17) is 9.68 Å². The van der Waals surface area contributed by atoms with Crippen molar-refractivity contribution in [2.45, 2.75) is 18.7 Å². The van der Waals surface area contributed by atoms with Gasteiger partial charge >= 0.3 is 6.01 Å². The average Bonchev–Trinajstić information content (AvgIpc) is 2.73. The molecule has 0 amide bonds. The summed E-state index contributed by atoms with van der Waals surface area (Å²) in [5, 5.41) is 15.9. The second kappa shape index (κ2) is 4.70. The lowest BCUT2D eigenvalue weighted by Gasteiger charge is -2.05. The number of nitrogens with one attached hydrogen (secondary N) is 1. The van der Waals surface area contributed by atoms with Crippen LogP contribution in [0.1, 0.15) is 17.0 Å². The van der Waals surface area contributed by atoms with Gasteiger partial charge in [-0.15, -0.1) is 5.10 Å². The second-order valence-electron chi connectivity index (χ2n) is 3.82. The largest absolute Gasteiger partial charge is 0.408 e. The van der Waals surface area contributed by atoms with Crippen LogP contribution in [0.3, 0.4) is 0 Å². The zero-order chi connectivity index (χ0) is 14.0. The lowest BCUT2D eigenvalue weighted by atomic mass is 10.1. The predicted molar refractivity (Wildman–Crippen MR) is 65.7 cm³/mol. The van der Waals surface area contributed by atoms with Crippen LogP contribution in [0.5, 0.6) is 0 Å². The average molecular weight is 278 g/mol. The molecule has 19 heavy (non-hydrogen) atoms. The highest BCUT2D eigenvalue weighted by Gasteiger charge is 2.18. The van der Waals surface area contributed by atoms with Gasteiger partial charge in [0, 0.05) is 6.92 Å². The number of nitrogens with zero attached hydrogens (tertiary/aromatic N) is 3. The van der Waals surface area contributed by atoms with E-state index in [1.807, 2.05) is 6.07 Å². The molecule has 0 aliphatic heterocycles. The topological polar surface area (TPSA) is 109 Å². The van der Waals surface area contributed by atoms with E-state index >= 15 is 0 Å². The third-order valence-corrected chi connectivity index (χ3v) is 3.69. The number of hydrogen-bond acceptors (Lipinski definition) is 6. The minimum Gasteiger partial charge on any atom is -0.408 e. The van der Waals surface area contributed by atoms with Crippen molar-refractivity contribution in [1.82, 2.24) is 10.2 Å². The third kappa shape index (κ3) is 2.71. The molecule has 0 saturated heterocycles. The smallest absolute Gasteiger partial charge is 0.329 e. The highest BCUT2D eigenvalue weighted by molar-refractivity contribution is 7.92. The van der Waals surface area contributed by atoms with Crippen LogP contribution in [0, 0.1) is 25.2 Å². The Balaban J connectivity index is 2.35. The number of nitriles is 1. The number of benzene rings is 1.